The smallest absolute Gasteiger partial charge is 0.316 e. The van der Waals surface area contributed by atoms with E-state index in [9.17, 15) is 4.79 Å². The van der Waals surface area contributed by atoms with Crippen molar-refractivity contribution in [2.45, 2.75) is 12.3 Å². The van der Waals surface area contributed by atoms with E-state index in [-0.39, 0.29) is 11.7 Å². The van der Waals surface area contributed by atoms with Crippen molar-refractivity contribution in [2.24, 2.45) is 0 Å². The summed E-state index contributed by atoms with van der Waals surface area (Å²) in [5, 5.41) is 9.16. The molecule has 0 heterocycles. The van der Waals surface area contributed by atoms with Crippen LogP contribution in [0.5, 0.6) is 5.75 Å². The maximum absolute atomic E-state index is 11.6. The van der Waals surface area contributed by atoms with Crippen LogP contribution in [-0.4, -0.2) is 23.9 Å². The summed E-state index contributed by atoms with van der Waals surface area (Å²) in [7, 11) is 1.35. The zero-order valence-corrected chi connectivity index (χ0v) is 9.62. The van der Waals surface area contributed by atoms with Gasteiger partial charge in [-0.2, -0.15) is 12.6 Å². The minimum absolute atomic E-state index is 0.171. The lowest BCUT2D eigenvalue weighted by Crippen LogP contribution is -2.35. The van der Waals surface area contributed by atoms with Crippen LogP contribution in [0.1, 0.15) is 12.5 Å². The highest BCUT2D eigenvalue weighted by atomic mass is 32.1. The van der Waals surface area contributed by atoms with Crippen LogP contribution < -0.4 is 0 Å². The van der Waals surface area contributed by atoms with E-state index >= 15 is 0 Å². The normalized spacial score (nSPS) is 14.3. The summed E-state index contributed by atoms with van der Waals surface area (Å²) < 4.78 is 4.74. The van der Waals surface area contributed by atoms with Gasteiger partial charge in [0.05, 0.1) is 12.5 Å². The fraction of sp³-hybridized carbons (Fsp3) is 0.364. The first-order valence-electron chi connectivity index (χ1n) is 4.53. The van der Waals surface area contributed by atoms with E-state index in [1.54, 1.807) is 31.2 Å². The number of phenols is 1. The second-order valence-corrected chi connectivity index (χ2v) is 3.84. The maximum atomic E-state index is 11.6. The molecule has 0 aliphatic rings. The quantitative estimate of drug-likeness (QED) is 0.609. The molecule has 15 heavy (non-hydrogen) atoms. The molecular weight excluding hydrogens is 212 g/mol. The Bertz CT molecular complexity index is 347. The lowest BCUT2D eigenvalue weighted by atomic mass is 9.84. The third kappa shape index (κ3) is 2.26. The summed E-state index contributed by atoms with van der Waals surface area (Å²) in [5.41, 5.74) is 0.00751. The maximum Gasteiger partial charge on any atom is 0.316 e. The molecule has 0 amide bonds. The Morgan fingerprint density at radius 3 is 2.40 bits per heavy atom. The monoisotopic (exact) mass is 226 g/mol. The molecule has 0 saturated carbocycles. The number of benzene rings is 1. The number of carbonyl (C=O) groups excluding carboxylic acids is 1. The third-order valence-electron chi connectivity index (χ3n) is 2.46. The summed E-state index contributed by atoms with van der Waals surface area (Å²) >= 11 is 4.17. The van der Waals surface area contributed by atoms with Crippen LogP contribution in [0.3, 0.4) is 0 Å². The zero-order valence-electron chi connectivity index (χ0n) is 8.73. The molecule has 1 N–H and O–H groups in total. The fourth-order valence-corrected chi connectivity index (χ4v) is 1.64. The van der Waals surface area contributed by atoms with Crippen molar-refractivity contribution >= 4 is 18.6 Å². The highest BCUT2D eigenvalue weighted by molar-refractivity contribution is 7.80. The Kier molecular flexibility index (Phi) is 3.63. The number of methoxy groups -OCH3 is 1. The molecule has 1 atom stereocenters. The van der Waals surface area contributed by atoms with Crippen molar-refractivity contribution in [3.63, 3.8) is 0 Å². The van der Waals surface area contributed by atoms with Gasteiger partial charge in [-0.05, 0) is 24.6 Å². The van der Waals surface area contributed by atoms with Gasteiger partial charge in [0.2, 0.25) is 0 Å². The zero-order chi connectivity index (χ0) is 11.5. The molecule has 1 unspecified atom stereocenters. The van der Waals surface area contributed by atoms with Crippen LogP contribution in [0.25, 0.3) is 0 Å². The number of aromatic hydroxyl groups is 1. The molecule has 3 nitrogen and oxygen atoms in total. The lowest BCUT2D eigenvalue weighted by Gasteiger charge is -2.24. The van der Waals surface area contributed by atoms with E-state index < -0.39 is 5.41 Å². The van der Waals surface area contributed by atoms with E-state index in [0.717, 1.165) is 5.56 Å². The van der Waals surface area contributed by atoms with Gasteiger partial charge >= 0.3 is 5.97 Å². The molecule has 0 spiro atoms. The standard InChI is InChI=1S/C11H14O3S/c1-11(7-15,10(13)14-2)8-3-5-9(12)6-4-8/h3-6,12,15H,7H2,1-2H3. The van der Waals surface area contributed by atoms with E-state index in [2.05, 4.69) is 12.6 Å². The van der Waals surface area contributed by atoms with Crippen molar-refractivity contribution in [3.05, 3.63) is 29.8 Å². The van der Waals surface area contributed by atoms with Crippen molar-refractivity contribution in [1.82, 2.24) is 0 Å². The van der Waals surface area contributed by atoms with Crippen molar-refractivity contribution in [3.8, 4) is 5.75 Å². The molecule has 0 aliphatic heterocycles. The van der Waals surface area contributed by atoms with Crippen LogP contribution in [-0.2, 0) is 14.9 Å². The van der Waals surface area contributed by atoms with Gasteiger partial charge in [0.25, 0.3) is 0 Å². The van der Waals surface area contributed by atoms with Gasteiger partial charge in [0.15, 0.2) is 0 Å². The van der Waals surface area contributed by atoms with Crippen LogP contribution in [0, 0.1) is 0 Å². The van der Waals surface area contributed by atoms with Gasteiger partial charge in [0.1, 0.15) is 5.75 Å². The first kappa shape index (κ1) is 11.9. The second kappa shape index (κ2) is 4.57. The fourth-order valence-electron chi connectivity index (χ4n) is 1.33. The van der Waals surface area contributed by atoms with Gasteiger partial charge in [0, 0.05) is 5.75 Å². The molecule has 0 aromatic heterocycles. The number of rotatable bonds is 3. The molecule has 0 bridgehead atoms. The van der Waals surface area contributed by atoms with Gasteiger partial charge in [-0.25, -0.2) is 0 Å². The average molecular weight is 226 g/mol. The summed E-state index contributed by atoms with van der Waals surface area (Å²) in [6, 6.07) is 6.48. The van der Waals surface area contributed by atoms with Crippen LogP contribution in [0.4, 0.5) is 0 Å². The van der Waals surface area contributed by atoms with Crippen LogP contribution in [0.2, 0.25) is 0 Å². The van der Waals surface area contributed by atoms with Crippen LogP contribution in [0.15, 0.2) is 24.3 Å². The van der Waals surface area contributed by atoms with Crippen molar-refractivity contribution < 1.29 is 14.6 Å². The molecule has 82 valence electrons. The number of thiol groups is 1. The molecule has 1 rings (SSSR count). The highest BCUT2D eigenvalue weighted by Crippen LogP contribution is 2.27. The first-order chi connectivity index (χ1) is 7.04. The van der Waals surface area contributed by atoms with Gasteiger partial charge < -0.3 is 9.84 Å². The van der Waals surface area contributed by atoms with Gasteiger partial charge in [-0.1, -0.05) is 12.1 Å². The predicted molar refractivity (Wildman–Crippen MR) is 61.3 cm³/mol. The van der Waals surface area contributed by atoms with E-state index in [0.29, 0.717) is 5.75 Å². The SMILES string of the molecule is COC(=O)C(C)(CS)c1ccc(O)cc1. The number of hydrogen-bond acceptors (Lipinski definition) is 4. The molecular formula is C11H14O3S. The van der Waals surface area contributed by atoms with Gasteiger partial charge in [-0.3, -0.25) is 4.79 Å². The van der Waals surface area contributed by atoms with E-state index in [1.807, 2.05) is 0 Å². The van der Waals surface area contributed by atoms with E-state index in [4.69, 9.17) is 9.84 Å². The number of ether oxygens (including phenoxy) is 1. The van der Waals surface area contributed by atoms with E-state index in [1.165, 1.54) is 7.11 Å². The van der Waals surface area contributed by atoms with Gasteiger partial charge in [-0.15, -0.1) is 0 Å². The Morgan fingerprint density at radius 2 is 2.00 bits per heavy atom. The topological polar surface area (TPSA) is 46.5 Å². The molecule has 4 heteroatoms. The summed E-state index contributed by atoms with van der Waals surface area (Å²) in [6.45, 7) is 1.76. The van der Waals surface area contributed by atoms with Crippen molar-refractivity contribution in [1.29, 1.82) is 0 Å². The molecule has 1 aromatic rings. The minimum Gasteiger partial charge on any atom is -0.508 e. The number of phenolic OH excluding ortho intramolecular Hbond substituents is 1. The molecule has 1 aromatic carbocycles. The molecule has 0 saturated heterocycles. The highest BCUT2D eigenvalue weighted by Gasteiger charge is 2.34. The Morgan fingerprint density at radius 1 is 1.47 bits per heavy atom. The van der Waals surface area contributed by atoms with Crippen LogP contribution >= 0.6 is 12.6 Å². The summed E-state index contributed by atoms with van der Waals surface area (Å²) in [4.78, 5) is 11.6. The predicted octanol–water partition coefficient (Wildman–Crippen LogP) is 1.75. The second-order valence-electron chi connectivity index (χ2n) is 3.53. The molecule has 0 fully saturated rings. The first-order valence-corrected chi connectivity index (χ1v) is 5.16. The Hall–Kier alpha value is -1.16. The number of esters is 1. The Balaban J connectivity index is 3.11. The average Bonchev–Trinajstić information content (AvgIpc) is 2.27. The summed E-state index contributed by atoms with van der Waals surface area (Å²) in [6.07, 6.45) is 0. The largest absolute Gasteiger partial charge is 0.508 e. The third-order valence-corrected chi connectivity index (χ3v) is 3.09. The Labute approximate surface area is 94.5 Å². The minimum atomic E-state index is -0.772. The lowest BCUT2D eigenvalue weighted by molar-refractivity contribution is -0.146. The number of hydrogen-bond donors (Lipinski definition) is 2. The summed E-state index contributed by atoms with van der Waals surface area (Å²) in [5.74, 6) is 0.193. The number of carbonyl (C=O) groups is 1. The van der Waals surface area contributed by atoms with Crippen molar-refractivity contribution in [2.75, 3.05) is 12.9 Å². The molecule has 0 aliphatic carbocycles. The molecule has 0 radical (unpaired) electrons.